The molecule has 11 nitrogen and oxygen atoms in total. The van der Waals surface area contributed by atoms with Gasteiger partial charge in [-0.3, -0.25) is 0 Å². The van der Waals surface area contributed by atoms with Crippen molar-refractivity contribution in [2.45, 2.75) is 113 Å². The molecule has 2 fully saturated rings. The van der Waals surface area contributed by atoms with Crippen LogP contribution < -0.4 is 0 Å². The summed E-state index contributed by atoms with van der Waals surface area (Å²) in [7, 11) is 0. The van der Waals surface area contributed by atoms with Gasteiger partial charge in [-0.15, -0.1) is 0 Å². The third-order valence-electron chi connectivity index (χ3n) is 7.19. The van der Waals surface area contributed by atoms with Crippen LogP contribution in [0.25, 0.3) is 0 Å². The van der Waals surface area contributed by atoms with E-state index in [1.165, 1.54) is 6.08 Å². The van der Waals surface area contributed by atoms with Crippen LogP contribution in [0.15, 0.2) is 60.8 Å². The van der Waals surface area contributed by atoms with E-state index in [9.17, 15) is 35.4 Å². The number of fused-ring (bicyclic) bond motifs is 2. The number of aliphatic hydroxyl groups excluding tert-OH is 6. The lowest BCUT2D eigenvalue weighted by Gasteiger charge is -2.40. The van der Waals surface area contributed by atoms with Crippen LogP contribution in [-0.4, -0.2) is 111 Å². The third-order valence-corrected chi connectivity index (χ3v) is 7.19. The normalized spacial score (nSPS) is 40.0. The number of rotatable bonds is 3. The Bertz CT molecular complexity index is 943. The van der Waals surface area contributed by atoms with Crippen molar-refractivity contribution in [2.24, 2.45) is 0 Å². The molecule has 3 rings (SSSR count). The molecule has 0 aromatic carbocycles. The van der Waals surface area contributed by atoms with Gasteiger partial charge in [0.05, 0.1) is 31.0 Å². The van der Waals surface area contributed by atoms with Gasteiger partial charge in [0, 0.05) is 12.5 Å². The molecule has 6 N–H and O–H groups in total. The van der Waals surface area contributed by atoms with Crippen LogP contribution in [0.5, 0.6) is 0 Å². The molecule has 41 heavy (non-hydrogen) atoms. The molecule has 230 valence electrons. The van der Waals surface area contributed by atoms with Gasteiger partial charge in [0.25, 0.3) is 0 Å². The van der Waals surface area contributed by atoms with E-state index in [0.29, 0.717) is 32.1 Å². The molecule has 0 amide bonds. The van der Waals surface area contributed by atoms with Crippen molar-refractivity contribution < 1.29 is 54.4 Å². The van der Waals surface area contributed by atoms with Crippen molar-refractivity contribution in [3.63, 3.8) is 0 Å². The molecule has 0 spiro atoms. The Morgan fingerprint density at radius 2 is 1.63 bits per heavy atom. The van der Waals surface area contributed by atoms with Gasteiger partial charge in [-0.05, 0) is 39.0 Å². The van der Waals surface area contributed by atoms with Crippen LogP contribution in [0.3, 0.4) is 0 Å². The minimum absolute atomic E-state index is 0.279. The third kappa shape index (κ3) is 10.5. The van der Waals surface area contributed by atoms with Crippen molar-refractivity contribution in [3.05, 3.63) is 60.8 Å². The Balaban J connectivity index is 1.73. The quantitative estimate of drug-likeness (QED) is 0.205. The highest BCUT2D eigenvalue weighted by atomic mass is 16.7. The van der Waals surface area contributed by atoms with E-state index in [1.807, 2.05) is 19.1 Å². The Morgan fingerprint density at radius 1 is 0.878 bits per heavy atom. The SMILES string of the molecule is CC1CCCC=CC2OC(CC=CC=CC(OC3OC(CO)C(O)C(O)C3O)CC=CC=CC(=O)O1)CC(O)C2O. The van der Waals surface area contributed by atoms with Gasteiger partial charge in [-0.25, -0.2) is 4.79 Å². The highest BCUT2D eigenvalue weighted by molar-refractivity contribution is 5.82. The number of hydrogen-bond acceptors (Lipinski definition) is 11. The molecule has 11 atom stereocenters. The van der Waals surface area contributed by atoms with Gasteiger partial charge >= 0.3 is 5.97 Å². The van der Waals surface area contributed by atoms with Gasteiger partial charge in [-0.2, -0.15) is 0 Å². The zero-order valence-electron chi connectivity index (χ0n) is 23.3. The highest BCUT2D eigenvalue weighted by Crippen LogP contribution is 2.25. The first kappa shape index (κ1) is 33.3. The second-order valence-electron chi connectivity index (χ2n) is 10.6. The van der Waals surface area contributed by atoms with Gasteiger partial charge in [0.1, 0.15) is 36.6 Å². The molecule has 11 heteroatoms. The first-order chi connectivity index (χ1) is 19.7. The molecule has 3 aliphatic rings. The number of cyclic esters (lactones) is 1. The topological polar surface area (TPSA) is 175 Å². The number of aliphatic hydroxyl groups is 6. The maximum absolute atomic E-state index is 12.1. The molecule has 3 heterocycles. The van der Waals surface area contributed by atoms with Crippen molar-refractivity contribution in [1.29, 1.82) is 0 Å². The number of ether oxygens (including phenoxy) is 4. The lowest BCUT2D eigenvalue weighted by atomic mass is 9.95. The molecule has 11 unspecified atom stereocenters. The van der Waals surface area contributed by atoms with Crippen LogP contribution in [0.4, 0.5) is 0 Å². The Hall–Kier alpha value is -2.19. The maximum atomic E-state index is 12.1. The number of allylic oxidation sites excluding steroid dienone is 5. The summed E-state index contributed by atoms with van der Waals surface area (Å²) >= 11 is 0. The second kappa shape index (κ2) is 17.1. The number of hydrogen-bond donors (Lipinski definition) is 6. The summed E-state index contributed by atoms with van der Waals surface area (Å²) in [4.78, 5) is 12.1. The number of esters is 1. The average molecular weight is 581 g/mol. The van der Waals surface area contributed by atoms with E-state index in [1.54, 1.807) is 42.5 Å². The van der Waals surface area contributed by atoms with Crippen LogP contribution in [0.1, 0.15) is 45.4 Å². The van der Waals surface area contributed by atoms with Crippen LogP contribution in [-0.2, 0) is 23.7 Å². The molecular weight excluding hydrogens is 536 g/mol. The average Bonchev–Trinajstić information content (AvgIpc) is 2.94. The molecule has 2 saturated heterocycles. The van der Waals surface area contributed by atoms with Crippen LogP contribution in [0, 0.1) is 0 Å². The molecule has 0 aromatic heterocycles. The van der Waals surface area contributed by atoms with E-state index in [-0.39, 0.29) is 12.2 Å². The van der Waals surface area contributed by atoms with E-state index in [2.05, 4.69) is 0 Å². The number of carbonyl (C=O) groups excluding carboxylic acids is 1. The fourth-order valence-corrected chi connectivity index (χ4v) is 4.80. The summed E-state index contributed by atoms with van der Waals surface area (Å²) in [5.74, 6) is -0.474. The first-order valence-corrected chi connectivity index (χ1v) is 14.2. The monoisotopic (exact) mass is 580 g/mol. The van der Waals surface area contributed by atoms with Gasteiger partial charge < -0.3 is 49.6 Å². The summed E-state index contributed by atoms with van der Waals surface area (Å²) < 4.78 is 22.8. The zero-order chi connectivity index (χ0) is 29.8. The maximum Gasteiger partial charge on any atom is 0.331 e. The summed E-state index contributed by atoms with van der Waals surface area (Å²) in [5, 5.41) is 60.7. The van der Waals surface area contributed by atoms with Crippen molar-refractivity contribution >= 4 is 5.97 Å². The molecule has 0 aromatic rings. The highest BCUT2D eigenvalue weighted by Gasteiger charge is 2.44. The minimum Gasteiger partial charge on any atom is -0.460 e. The second-order valence-corrected chi connectivity index (χ2v) is 10.6. The molecule has 2 bridgehead atoms. The predicted octanol–water partition coefficient (Wildman–Crippen LogP) is 0.728. The van der Waals surface area contributed by atoms with Gasteiger partial charge in [-0.1, -0.05) is 54.7 Å². The molecule has 0 aliphatic carbocycles. The van der Waals surface area contributed by atoms with Crippen LogP contribution >= 0.6 is 0 Å². The summed E-state index contributed by atoms with van der Waals surface area (Å²) in [6.45, 7) is 1.25. The van der Waals surface area contributed by atoms with Crippen molar-refractivity contribution in [2.75, 3.05) is 6.61 Å². The first-order valence-electron chi connectivity index (χ1n) is 14.2. The van der Waals surface area contributed by atoms with Gasteiger partial charge in [0.2, 0.25) is 0 Å². The Kier molecular flexibility index (Phi) is 13.9. The Labute approximate surface area is 240 Å². The van der Waals surface area contributed by atoms with E-state index < -0.39 is 67.7 Å². The fourth-order valence-electron chi connectivity index (χ4n) is 4.80. The molecule has 3 aliphatic heterocycles. The van der Waals surface area contributed by atoms with Crippen molar-refractivity contribution in [3.8, 4) is 0 Å². The van der Waals surface area contributed by atoms with Gasteiger partial charge in [0.15, 0.2) is 6.29 Å². The summed E-state index contributed by atoms with van der Waals surface area (Å²) in [6.07, 6.45) is 9.50. The Morgan fingerprint density at radius 3 is 2.41 bits per heavy atom. The van der Waals surface area contributed by atoms with E-state index >= 15 is 0 Å². The summed E-state index contributed by atoms with van der Waals surface area (Å²) in [6, 6.07) is 0. The van der Waals surface area contributed by atoms with Crippen LogP contribution in [0.2, 0.25) is 0 Å². The molecular formula is C30H44O11. The molecule has 0 saturated carbocycles. The lowest BCUT2D eigenvalue weighted by molar-refractivity contribution is -0.307. The van der Waals surface area contributed by atoms with Crippen molar-refractivity contribution in [1.82, 2.24) is 0 Å². The largest absolute Gasteiger partial charge is 0.460 e. The smallest absolute Gasteiger partial charge is 0.331 e. The fraction of sp³-hybridized carbons (Fsp3) is 0.633. The molecule has 0 radical (unpaired) electrons. The number of carbonyl (C=O) groups is 1. The zero-order valence-corrected chi connectivity index (χ0v) is 23.3. The minimum atomic E-state index is -1.56. The standard InChI is InChI=1S/C30H44O11/c1-19-11-5-2-9-15-23-26(34)22(32)17-21(39-23)14-8-3-6-12-20(13-7-4-10-16-25(33)38-19)40-30-29(37)28(36)27(35)24(18-31)41-30/h3-4,6-10,12,15-16,19-24,26-32,34-37H,2,5,11,13-14,17-18H2,1H3. The van der Waals surface area contributed by atoms with E-state index in [0.717, 1.165) is 6.42 Å². The predicted molar refractivity (Wildman–Crippen MR) is 148 cm³/mol. The summed E-state index contributed by atoms with van der Waals surface area (Å²) in [5.41, 5.74) is 0. The lowest BCUT2D eigenvalue weighted by Crippen LogP contribution is -2.59. The van der Waals surface area contributed by atoms with E-state index in [4.69, 9.17) is 18.9 Å².